The third kappa shape index (κ3) is 1.70. The number of hydrogen-bond donors (Lipinski definition) is 2. The Labute approximate surface area is 128 Å². The van der Waals surface area contributed by atoms with E-state index in [0.717, 1.165) is 22.0 Å². The fraction of sp³-hybridized carbons (Fsp3) is 0.625. The maximum absolute atomic E-state index is 10.1. The summed E-state index contributed by atoms with van der Waals surface area (Å²) in [6, 6.07) is 4.28. The Morgan fingerprint density at radius 1 is 1.26 bits per heavy atom. The van der Waals surface area contributed by atoms with E-state index in [2.05, 4.69) is 40.0 Å². The molecule has 2 aliphatic carbocycles. The van der Waals surface area contributed by atoms with Crippen molar-refractivity contribution in [3.8, 4) is 5.75 Å². The number of phenolic OH excluding ortho intramolecular Hbond substituents is 1. The van der Waals surface area contributed by atoms with Gasteiger partial charge in [-0.25, -0.2) is 0 Å². The molecule has 1 aliphatic heterocycles. The Kier molecular flexibility index (Phi) is 2.85. The Balaban J connectivity index is 1.92. The van der Waals surface area contributed by atoms with Crippen molar-refractivity contribution in [2.24, 2.45) is 11.8 Å². The maximum atomic E-state index is 10.1. The summed E-state index contributed by atoms with van der Waals surface area (Å²) < 4.78 is 1.00. The lowest BCUT2D eigenvalue weighted by Crippen LogP contribution is -2.59. The first kappa shape index (κ1) is 12.5. The van der Waals surface area contributed by atoms with Gasteiger partial charge in [0.25, 0.3) is 0 Å². The van der Waals surface area contributed by atoms with Crippen LogP contribution in [0.2, 0.25) is 0 Å². The molecule has 2 nitrogen and oxygen atoms in total. The van der Waals surface area contributed by atoms with E-state index in [-0.39, 0.29) is 5.54 Å². The zero-order valence-electron chi connectivity index (χ0n) is 11.1. The van der Waals surface area contributed by atoms with Crippen molar-refractivity contribution < 1.29 is 5.11 Å². The molecule has 2 bridgehead atoms. The molecule has 3 atom stereocenters. The molecule has 0 aromatic heterocycles. The van der Waals surface area contributed by atoms with Crippen LogP contribution in [-0.4, -0.2) is 11.7 Å². The standard InChI is InChI=1S/C16H20INO/c17-14-8-11-7-10-4-6-18-16(13(11)9-15(14)19)5-2-1-3-12(10)16/h8-10,12,18-19H,1-7H2. The number of halogens is 1. The first-order valence-electron chi connectivity index (χ1n) is 7.47. The van der Waals surface area contributed by atoms with Gasteiger partial charge in [-0.15, -0.1) is 0 Å². The van der Waals surface area contributed by atoms with Gasteiger partial charge < -0.3 is 10.4 Å². The van der Waals surface area contributed by atoms with E-state index in [0.29, 0.717) is 5.75 Å². The second-order valence-electron chi connectivity index (χ2n) is 6.46. The van der Waals surface area contributed by atoms with Gasteiger partial charge in [0.05, 0.1) is 3.57 Å². The molecule has 1 heterocycles. The molecule has 1 aromatic carbocycles. The molecule has 102 valence electrons. The number of fused-ring (bicyclic) bond motifs is 1. The summed E-state index contributed by atoms with van der Waals surface area (Å²) in [4.78, 5) is 0. The highest BCUT2D eigenvalue weighted by Gasteiger charge is 2.51. The lowest BCUT2D eigenvalue weighted by atomic mass is 9.56. The van der Waals surface area contributed by atoms with Crippen molar-refractivity contribution in [2.75, 3.05) is 6.54 Å². The van der Waals surface area contributed by atoms with Crippen molar-refractivity contribution in [2.45, 2.75) is 44.1 Å². The normalized spacial score (nSPS) is 36.5. The van der Waals surface area contributed by atoms with Crippen LogP contribution >= 0.6 is 22.6 Å². The second kappa shape index (κ2) is 4.35. The van der Waals surface area contributed by atoms with Gasteiger partial charge in [-0.3, -0.25) is 0 Å². The van der Waals surface area contributed by atoms with E-state index in [9.17, 15) is 5.11 Å². The molecular weight excluding hydrogens is 349 g/mol. The molecule has 2 N–H and O–H groups in total. The molecule has 2 fully saturated rings. The third-order valence-corrected chi connectivity index (χ3v) is 6.49. The van der Waals surface area contributed by atoms with Gasteiger partial charge in [-0.2, -0.15) is 0 Å². The van der Waals surface area contributed by atoms with Crippen molar-refractivity contribution >= 4 is 22.6 Å². The van der Waals surface area contributed by atoms with Gasteiger partial charge in [0, 0.05) is 5.54 Å². The number of aromatic hydroxyl groups is 1. The van der Waals surface area contributed by atoms with Gasteiger partial charge in [-0.05, 0) is 89.9 Å². The van der Waals surface area contributed by atoms with Gasteiger partial charge in [-0.1, -0.05) is 12.8 Å². The minimum atomic E-state index is 0.177. The number of rotatable bonds is 0. The summed E-state index contributed by atoms with van der Waals surface area (Å²) in [6.07, 6.45) is 7.87. The summed E-state index contributed by atoms with van der Waals surface area (Å²) in [5.41, 5.74) is 3.07. The number of phenols is 1. The molecule has 1 aromatic rings. The highest BCUT2D eigenvalue weighted by Crippen LogP contribution is 2.54. The Morgan fingerprint density at radius 2 is 2.16 bits per heavy atom. The summed E-state index contributed by atoms with van der Waals surface area (Å²) in [6.45, 7) is 1.15. The predicted molar refractivity (Wildman–Crippen MR) is 84.3 cm³/mol. The van der Waals surface area contributed by atoms with Crippen LogP contribution in [0.3, 0.4) is 0 Å². The average Bonchev–Trinajstić information content (AvgIpc) is 2.41. The molecule has 0 radical (unpaired) electrons. The third-order valence-electron chi connectivity index (χ3n) is 5.63. The zero-order chi connectivity index (χ0) is 13.0. The number of piperidine rings is 1. The smallest absolute Gasteiger partial charge is 0.129 e. The van der Waals surface area contributed by atoms with Crippen molar-refractivity contribution in [1.29, 1.82) is 0 Å². The first-order valence-corrected chi connectivity index (χ1v) is 8.55. The summed E-state index contributed by atoms with van der Waals surface area (Å²) in [5.74, 6) is 2.11. The Hall–Kier alpha value is -0.290. The van der Waals surface area contributed by atoms with Crippen LogP contribution in [-0.2, 0) is 12.0 Å². The number of nitrogens with one attached hydrogen (secondary N) is 1. The maximum Gasteiger partial charge on any atom is 0.129 e. The second-order valence-corrected chi connectivity index (χ2v) is 7.63. The van der Waals surface area contributed by atoms with Crippen LogP contribution in [0.1, 0.15) is 43.2 Å². The summed E-state index contributed by atoms with van der Waals surface area (Å²) >= 11 is 2.25. The SMILES string of the molecule is Oc1cc2c(cc1I)CC1CCNC23CCCCC13. The average molecular weight is 369 g/mol. The molecule has 3 heteroatoms. The number of hydrogen-bond acceptors (Lipinski definition) is 2. The van der Waals surface area contributed by atoms with E-state index in [1.54, 1.807) is 0 Å². The van der Waals surface area contributed by atoms with Crippen LogP contribution in [0.4, 0.5) is 0 Å². The molecule has 3 unspecified atom stereocenters. The largest absolute Gasteiger partial charge is 0.507 e. The number of benzene rings is 1. The Morgan fingerprint density at radius 3 is 3.05 bits per heavy atom. The monoisotopic (exact) mass is 369 g/mol. The van der Waals surface area contributed by atoms with Crippen molar-refractivity contribution in [3.63, 3.8) is 0 Å². The Bertz CT molecular complexity index is 526. The predicted octanol–water partition coefficient (Wildman–Crippen LogP) is 3.55. The molecule has 0 amide bonds. The molecule has 19 heavy (non-hydrogen) atoms. The highest BCUT2D eigenvalue weighted by atomic mass is 127. The van der Waals surface area contributed by atoms with Crippen LogP contribution in [0, 0.1) is 15.4 Å². The molecule has 0 spiro atoms. The van der Waals surface area contributed by atoms with Crippen LogP contribution in [0.15, 0.2) is 12.1 Å². The van der Waals surface area contributed by atoms with Crippen LogP contribution < -0.4 is 5.32 Å². The molecule has 4 rings (SSSR count). The van der Waals surface area contributed by atoms with Crippen LogP contribution in [0.5, 0.6) is 5.75 Å². The van der Waals surface area contributed by atoms with Gasteiger partial charge in [0.1, 0.15) is 5.75 Å². The highest BCUT2D eigenvalue weighted by molar-refractivity contribution is 14.1. The van der Waals surface area contributed by atoms with Crippen molar-refractivity contribution in [3.05, 3.63) is 26.8 Å². The van der Waals surface area contributed by atoms with E-state index in [4.69, 9.17) is 0 Å². The van der Waals surface area contributed by atoms with Gasteiger partial charge >= 0.3 is 0 Å². The fourth-order valence-corrected chi connectivity index (χ4v) is 5.41. The minimum absolute atomic E-state index is 0.177. The summed E-state index contributed by atoms with van der Waals surface area (Å²) in [7, 11) is 0. The lowest BCUT2D eigenvalue weighted by molar-refractivity contribution is 0.0346. The topological polar surface area (TPSA) is 32.3 Å². The first-order chi connectivity index (χ1) is 9.21. The van der Waals surface area contributed by atoms with Crippen LogP contribution in [0.25, 0.3) is 0 Å². The summed E-state index contributed by atoms with van der Waals surface area (Å²) in [5, 5.41) is 14.0. The zero-order valence-corrected chi connectivity index (χ0v) is 13.2. The van der Waals surface area contributed by atoms with E-state index in [1.165, 1.54) is 49.7 Å². The van der Waals surface area contributed by atoms with Gasteiger partial charge in [0.15, 0.2) is 0 Å². The fourth-order valence-electron chi connectivity index (χ4n) is 4.88. The van der Waals surface area contributed by atoms with E-state index >= 15 is 0 Å². The minimum Gasteiger partial charge on any atom is -0.507 e. The quantitative estimate of drug-likeness (QED) is 0.686. The van der Waals surface area contributed by atoms with E-state index in [1.807, 2.05) is 0 Å². The van der Waals surface area contributed by atoms with Crippen molar-refractivity contribution in [1.82, 2.24) is 5.32 Å². The van der Waals surface area contributed by atoms with Gasteiger partial charge in [0.2, 0.25) is 0 Å². The molecular formula is C16H20INO. The van der Waals surface area contributed by atoms with E-state index < -0.39 is 0 Å². The molecule has 3 aliphatic rings. The molecule has 1 saturated heterocycles. The molecule has 1 saturated carbocycles. The lowest BCUT2D eigenvalue weighted by Gasteiger charge is -2.56.